The monoisotopic (exact) mass is 228 g/mol. The van der Waals surface area contributed by atoms with Crippen LogP contribution >= 0.6 is 11.8 Å². The van der Waals surface area contributed by atoms with Gasteiger partial charge in [0, 0.05) is 16.2 Å². The Hall–Kier alpha value is -1.25. The van der Waals surface area contributed by atoms with E-state index in [1.807, 2.05) is 48.5 Å². The number of benzene rings is 2. The van der Waals surface area contributed by atoms with Gasteiger partial charge in [0.25, 0.3) is 0 Å². The average molecular weight is 228 g/mol. The maximum absolute atomic E-state index is 10.8. The van der Waals surface area contributed by atoms with Crippen LogP contribution in [0.4, 0.5) is 0 Å². The van der Waals surface area contributed by atoms with Crippen LogP contribution < -0.4 is 0 Å². The molecule has 0 saturated carbocycles. The highest BCUT2D eigenvalue weighted by Gasteiger charge is 2.38. The Kier molecular flexibility index (Phi) is 2.27. The lowest BCUT2D eigenvalue weighted by atomic mass is 9.88. The van der Waals surface area contributed by atoms with Crippen LogP contribution in [0.15, 0.2) is 59.5 Å². The molecule has 2 heteroatoms. The summed E-state index contributed by atoms with van der Waals surface area (Å²) in [4.78, 5) is 1.19. The molecule has 1 atom stereocenters. The van der Waals surface area contributed by atoms with Crippen molar-refractivity contribution in [1.29, 1.82) is 0 Å². The Morgan fingerprint density at radius 3 is 2.44 bits per heavy atom. The smallest absolute Gasteiger partial charge is 0.125 e. The van der Waals surface area contributed by atoms with Crippen molar-refractivity contribution in [1.82, 2.24) is 0 Å². The third-order valence-electron chi connectivity index (χ3n) is 3.02. The van der Waals surface area contributed by atoms with Crippen LogP contribution in [-0.2, 0) is 5.60 Å². The summed E-state index contributed by atoms with van der Waals surface area (Å²) in [5.74, 6) is 0.705. The lowest BCUT2D eigenvalue weighted by Gasteiger charge is -2.23. The molecule has 0 aromatic heterocycles. The van der Waals surface area contributed by atoms with Crippen molar-refractivity contribution >= 4 is 11.8 Å². The summed E-state index contributed by atoms with van der Waals surface area (Å²) in [7, 11) is 0. The van der Waals surface area contributed by atoms with E-state index in [9.17, 15) is 5.11 Å². The molecule has 2 aromatic carbocycles. The van der Waals surface area contributed by atoms with Crippen molar-refractivity contribution in [2.45, 2.75) is 10.5 Å². The van der Waals surface area contributed by atoms with Gasteiger partial charge in [-0.2, -0.15) is 0 Å². The Morgan fingerprint density at radius 1 is 0.938 bits per heavy atom. The molecule has 0 aliphatic carbocycles. The first-order chi connectivity index (χ1) is 7.81. The minimum atomic E-state index is -0.817. The molecular formula is C14H12OS. The Labute approximate surface area is 99.1 Å². The number of hydrogen-bond donors (Lipinski definition) is 1. The van der Waals surface area contributed by atoms with Gasteiger partial charge in [0.15, 0.2) is 0 Å². The molecule has 1 N–H and O–H groups in total. The second kappa shape index (κ2) is 3.65. The first kappa shape index (κ1) is 9.94. The molecule has 0 amide bonds. The third kappa shape index (κ3) is 1.38. The molecule has 1 unspecified atom stereocenters. The van der Waals surface area contributed by atoms with Crippen LogP contribution in [0.25, 0.3) is 0 Å². The molecule has 1 nitrogen and oxygen atoms in total. The minimum Gasteiger partial charge on any atom is -0.379 e. The maximum atomic E-state index is 10.8. The number of aliphatic hydroxyl groups is 1. The third-order valence-corrected chi connectivity index (χ3v) is 4.25. The molecule has 0 spiro atoms. The summed E-state index contributed by atoms with van der Waals surface area (Å²) in [6.45, 7) is 0. The van der Waals surface area contributed by atoms with Gasteiger partial charge in [-0.25, -0.2) is 0 Å². The summed E-state index contributed by atoms with van der Waals surface area (Å²) in [5, 5.41) is 10.8. The van der Waals surface area contributed by atoms with Crippen LogP contribution in [0, 0.1) is 0 Å². The van der Waals surface area contributed by atoms with Gasteiger partial charge in [-0.05, 0) is 11.6 Å². The SMILES string of the molecule is OC1(c2ccccc2)CSc2ccccc21. The summed E-state index contributed by atoms with van der Waals surface area (Å²) < 4.78 is 0. The highest BCUT2D eigenvalue weighted by molar-refractivity contribution is 7.99. The molecule has 0 bridgehead atoms. The van der Waals surface area contributed by atoms with Gasteiger partial charge in [0.1, 0.15) is 5.60 Å². The standard InChI is InChI=1S/C14H12OS/c15-14(11-6-2-1-3-7-11)10-16-13-9-5-4-8-12(13)14/h1-9,15H,10H2. The van der Waals surface area contributed by atoms with Crippen LogP contribution in [0.5, 0.6) is 0 Å². The van der Waals surface area contributed by atoms with Gasteiger partial charge < -0.3 is 5.11 Å². The fourth-order valence-electron chi connectivity index (χ4n) is 2.15. The van der Waals surface area contributed by atoms with Crippen molar-refractivity contribution in [3.63, 3.8) is 0 Å². The zero-order valence-corrected chi connectivity index (χ0v) is 9.58. The van der Waals surface area contributed by atoms with Crippen LogP contribution in [0.1, 0.15) is 11.1 Å². The molecule has 1 aliphatic rings. The number of hydrogen-bond acceptors (Lipinski definition) is 2. The zero-order valence-electron chi connectivity index (χ0n) is 8.76. The predicted molar refractivity (Wildman–Crippen MR) is 66.6 cm³/mol. The highest BCUT2D eigenvalue weighted by atomic mass is 32.2. The van der Waals surface area contributed by atoms with E-state index in [1.165, 1.54) is 4.90 Å². The lowest BCUT2D eigenvalue weighted by Crippen LogP contribution is -2.26. The topological polar surface area (TPSA) is 20.2 Å². The summed E-state index contributed by atoms with van der Waals surface area (Å²) >= 11 is 1.72. The second-order valence-corrected chi connectivity index (χ2v) is 5.03. The van der Waals surface area contributed by atoms with E-state index < -0.39 is 5.60 Å². The van der Waals surface area contributed by atoms with Gasteiger partial charge in [0.2, 0.25) is 0 Å². The fourth-order valence-corrected chi connectivity index (χ4v) is 3.40. The lowest BCUT2D eigenvalue weighted by molar-refractivity contribution is 0.109. The van der Waals surface area contributed by atoms with Gasteiger partial charge in [-0.15, -0.1) is 11.8 Å². The quantitative estimate of drug-likeness (QED) is 0.809. The van der Waals surface area contributed by atoms with E-state index in [0.717, 1.165) is 11.1 Å². The van der Waals surface area contributed by atoms with E-state index in [-0.39, 0.29) is 0 Å². The first-order valence-corrected chi connectivity index (χ1v) is 6.29. The zero-order chi connectivity index (χ0) is 11.0. The van der Waals surface area contributed by atoms with E-state index >= 15 is 0 Å². The normalized spacial score (nSPS) is 23.1. The Balaban J connectivity index is 2.15. The average Bonchev–Trinajstić information content (AvgIpc) is 2.71. The number of thioether (sulfide) groups is 1. The van der Waals surface area contributed by atoms with E-state index in [2.05, 4.69) is 6.07 Å². The van der Waals surface area contributed by atoms with Crippen molar-refractivity contribution < 1.29 is 5.11 Å². The second-order valence-electron chi connectivity index (χ2n) is 4.01. The predicted octanol–water partition coefficient (Wildman–Crippen LogP) is 3.03. The fraction of sp³-hybridized carbons (Fsp3) is 0.143. The number of rotatable bonds is 1. The maximum Gasteiger partial charge on any atom is 0.125 e. The van der Waals surface area contributed by atoms with Gasteiger partial charge >= 0.3 is 0 Å². The van der Waals surface area contributed by atoms with Crippen LogP contribution in [0.3, 0.4) is 0 Å². The molecule has 0 saturated heterocycles. The van der Waals surface area contributed by atoms with Crippen molar-refractivity contribution in [2.75, 3.05) is 5.75 Å². The highest BCUT2D eigenvalue weighted by Crippen LogP contribution is 2.45. The van der Waals surface area contributed by atoms with Gasteiger partial charge in [-0.1, -0.05) is 48.5 Å². The van der Waals surface area contributed by atoms with Crippen molar-refractivity contribution in [3.8, 4) is 0 Å². The summed E-state index contributed by atoms with van der Waals surface area (Å²) in [6, 6.07) is 18.0. The minimum absolute atomic E-state index is 0.705. The molecule has 2 aromatic rings. The molecule has 1 heterocycles. The molecule has 1 aliphatic heterocycles. The molecule has 0 radical (unpaired) electrons. The van der Waals surface area contributed by atoms with E-state index in [0.29, 0.717) is 5.75 Å². The largest absolute Gasteiger partial charge is 0.379 e. The number of fused-ring (bicyclic) bond motifs is 1. The van der Waals surface area contributed by atoms with Gasteiger partial charge in [-0.3, -0.25) is 0 Å². The Bertz CT molecular complexity index is 509. The summed E-state index contributed by atoms with van der Waals surface area (Å²) in [5.41, 5.74) is 1.20. The summed E-state index contributed by atoms with van der Waals surface area (Å²) in [6.07, 6.45) is 0. The van der Waals surface area contributed by atoms with Crippen LogP contribution in [0.2, 0.25) is 0 Å². The van der Waals surface area contributed by atoms with E-state index in [1.54, 1.807) is 11.8 Å². The molecule has 3 rings (SSSR count). The molecule has 0 fully saturated rings. The van der Waals surface area contributed by atoms with E-state index in [4.69, 9.17) is 0 Å². The Morgan fingerprint density at radius 2 is 1.62 bits per heavy atom. The first-order valence-electron chi connectivity index (χ1n) is 5.31. The van der Waals surface area contributed by atoms with Crippen LogP contribution in [-0.4, -0.2) is 10.9 Å². The van der Waals surface area contributed by atoms with Crippen molar-refractivity contribution in [3.05, 3.63) is 65.7 Å². The molecular weight excluding hydrogens is 216 g/mol. The van der Waals surface area contributed by atoms with Gasteiger partial charge in [0.05, 0.1) is 0 Å². The van der Waals surface area contributed by atoms with Crippen molar-refractivity contribution in [2.24, 2.45) is 0 Å². The molecule has 80 valence electrons. The molecule has 16 heavy (non-hydrogen) atoms.